The minimum absolute atomic E-state index is 0.368. The summed E-state index contributed by atoms with van der Waals surface area (Å²) in [5.74, 6) is 1.37. The molecule has 17 heavy (non-hydrogen) atoms. The number of nitrogen functional groups attached to an aromatic ring is 1. The zero-order chi connectivity index (χ0) is 11.9. The molecule has 2 heterocycles. The topological polar surface area (TPSA) is 103 Å². The van der Waals surface area contributed by atoms with Gasteiger partial charge < -0.3 is 15.0 Å². The van der Waals surface area contributed by atoms with E-state index in [0.29, 0.717) is 23.2 Å². The third kappa shape index (κ3) is 1.50. The van der Waals surface area contributed by atoms with E-state index in [1.165, 1.54) is 0 Å². The lowest BCUT2D eigenvalue weighted by Crippen LogP contribution is -2.37. The number of hydrogen-bond donors (Lipinski definition) is 2. The first-order valence-electron chi connectivity index (χ1n) is 5.44. The molecule has 0 unspecified atom stereocenters. The molecule has 1 aliphatic carbocycles. The second-order valence-corrected chi connectivity index (χ2v) is 4.18. The van der Waals surface area contributed by atoms with Gasteiger partial charge in [-0.25, -0.2) is 0 Å². The van der Waals surface area contributed by atoms with Gasteiger partial charge in [0.05, 0.1) is 0 Å². The number of anilines is 1. The number of aromatic nitrogens is 4. The summed E-state index contributed by atoms with van der Waals surface area (Å²) in [6.07, 6.45) is 2.97. The number of ether oxygens (including phenoxy) is 1. The number of hydrogen-bond acceptors (Lipinski definition) is 6. The van der Waals surface area contributed by atoms with Crippen molar-refractivity contribution < 1.29 is 9.26 Å². The molecule has 90 valence electrons. The number of nitrogens with one attached hydrogen (secondary N) is 1. The number of rotatable bonds is 3. The Labute approximate surface area is 97.3 Å². The summed E-state index contributed by atoms with van der Waals surface area (Å²) in [4.78, 5) is 4.33. The lowest BCUT2D eigenvalue weighted by atomic mass is 9.79. The van der Waals surface area contributed by atoms with E-state index >= 15 is 0 Å². The monoisotopic (exact) mass is 235 g/mol. The molecular formula is C10H13N5O2. The fraction of sp³-hybridized carbons (Fsp3) is 0.500. The summed E-state index contributed by atoms with van der Waals surface area (Å²) in [6, 6.07) is 1.65. The molecule has 2 aromatic rings. The van der Waals surface area contributed by atoms with Crippen molar-refractivity contribution in [2.75, 3.05) is 12.8 Å². The van der Waals surface area contributed by atoms with E-state index in [4.69, 9.17) is 15.0 Å². The van der Waals surface area contributed by atoms with Gasteiger partial charge in [0.25, 0.3) is 5.89 Å². The van der Waals surface area contributed by atoms with E-state index in [-0.39, 0.29) is 5.60 Å². The average molecular weight is 235 g/mol. The van der Waals surface area contributed by atoms with Crippen LogP contribution < -0.4 is 5.73 Å². The maximum absolute atomic E-state index is 5.52. The van der Waals surface area contributed by atoms with Gasteiger partial charge in [-0.3, -0.25) is 5.10 Å². The van der Waals surface area contributed by atoms with E-state index in [9.17, 15) is 0 Å². The van der Waals surface area contributed by atoms with Crippen molar-refractivity contribution in [3.8, 4) is 11.6 Å². The molecule has 2 aromatic heterocycles. The number of nitrogens with two attached hydrogens (primary N) is 1. The molecule has 1 aliphatic rings. The molecule has 7 heteroatoms. The molecule has 0 aliphatic heterocycles. The highest BCUT2D eigenvalue weighted by atomic mass is 16.5. The van der Waals surface area contributed by atoms with Gasteiger partial charge in [-0.05, 0) is 19.3 Å². The van der Waals surface area contributed by atoms with Gasteiger partial charge in [0.2, 0.25) is 5.82 Å². The highest BCUT2D eigenvalue weighted by Crippen LogP contribution is 2.43. The molecule has 0 radical (unpaired) electrons. The van der Waals surface area contributed by atoms with Gasteiger partial charge in [0.1, 0.15) is 17.1 Å². The van der Waals surface area contributed by atoms with Crippen LogP contribution in [0.25, 0.3) is 11.6 Å². The van der Waals surface area contributed by atoms with Gasteiger partial charge in [-0.1, -0.05) is 5.16 Å². The van der Waals surface area contributed by atoms with Crippen molar-refractivity contribution >= 4 is 5.82 Å². The SMILES string of the molecule is COC1(c2noc(-c3cc(N)n[nH]3)n2)CCC1. The Morgan fingerprint density at radius 2 is 2.35 bits per heavy atom. The number of H-pyrrole nitrogens is 1. The predicted molar refractivity (Wildman–Crippen MR) is 58.8 cm³/mol. The highest BCUT2D eigenvalue weighted by Gasteiger charge is 2.43. The highest BCUT2D eigenvalue weighted by molar-refractivity contribution is 5.51. The lowest BCUT2D eigenvalue weighted by Gasteiger charge is -2.37. The molecule has 0 atom stereocenters. The number of methoxy groups -OCH3 is 1. The molecule has 0 amide bonds. The second-order valence-electron chi connectivity index (χ2n) is 4.18. The van der Waals surface area contributed by atoms with Crippen LogP contribution in [0.5, 0.6) is 0 Å². The molecule has 0 aromatic carbocycles. The van der Waals surface area contributed by atoms with Crippen LogP contribution in [0.1, 0.15) is 25.1 Å². The first kappa shape index (κ1) is 10.3. The molecular weight excluding hydrogens is 222 g/mol. The normalized spacial score (nSPS) is 17.9. The molecule has 1 fully saturated rings. The van der Waals surface area contributed by atoms with Crippen molar-refractivity contribution in [2.45, 2.75) is 24.9 Å². The van der Waals surface area contributed by atoms with Gasteiger partial charge in [-0.2, -0.15) is 10.1 Å². The number of nitrogens with zero attached hydrogens (tertiary/aromatic N) is 3. The summed E-state index contributed by atoms with van der Waals surface area (Å²) in [6.45, 7) is 0. The Morgan fingerprint density at radius 3 is 2.88 bits per heavy atom. The van der Waals surface area contributed by atoms with E-state index < -0.39 is 0 Å². The van der Waals surface area contributed by atoms with Gasteiger partial charge in [-0.15, -0.1) is 0 Å². The smallest absolute Gasteiger partial charge is 0.276 e. The maximum atomic E-state index is 5.52. The van der Waals surface area contributed by atoms with Gasteiger partial charge in [0.15, 0.2) is 0 Å². The van der Waals surface area contributed by atoms with E-state index in [0.717, 1.165) is 19.3 Å². The van der Waals surface area contributed by atoms with Crippen molar-refractivity contribution in [3.05, 3.63) is 11.9 Å². The van der Waals surface area contributed by atoms with Crippen molar-refractivity contribution in [3.63, 3.8) is 0 Å². The Bertz CT molecular complexity index is 523. The third-order valence-electron chi connectivity index (χ3n) is 3.21. The average Bonchev–Trinajstić information content (AvgIpc) is 2.86. The lowest BCUT2D eigenvalue weighted by molar-refractivity contribution is -0.0858. The first-order chi connectivity index (χ1) is 8.23. The molecule has 0 spiro atoms. The van der Waals surface area contributed by atoms with Crippen LogP contribution in [0.4, 0.5) is 5.82 Å². The Balaban J connectivity index is 1.92. The van der Waals surface area contributed by atoms with Crippen molar-refractivity contribution in [1.29, 1.82) is 0 Å². The van der Waals surface area contributed by atoms with Crippen molar-refractivity contribution in [1.82, 2.24) is 20.3 Å². The standard InChI is InChI=1S/C10H13N5O2/c1-16-10(3-2-4-10)9-12-8(17-15-9)6-5-7(11)14-13-6/h5H,2-4H2,1H3,(H3,11,13,14). The van der Waals surface area contributed by atoms with Gasteiger partial charge in [0, 0.05) is 13.2 Å². The largest absolute Gasteiger partial charge is 0.382 e. The second kappa shape index (κ2) is 3.56. The summed E-state index contributed by atoms with van der Waals surface area (Å²) in [5.41, 5.74) is 5.76. The van der Waals surface area contributed by atoms with Crippen LogP contribution in [0.2, 0.25) is 0 Å². The fourth-order valence-corrected chi connectivity index (χ4v) is 1.98. The summed E-state index contributed by atoms with van der Waals surface area (Å²) in [7, 11) is 1.67. The zero-order valence-corrected chi connectivity index (χ0v) is 9.43. The molecule has 0 saturated heterocycles. The van der Waals surface area contributed by atoms with E-state index in [1.54, 1.807) is 13.2 Å². The molecule has 0 bridgehead atoms. The summed E-state index contributed by atoms with van der Waals surface area (Å²) >= 11 is 0. The van der Waals surface area contributed by atoms with Crippen LogP contribution in [0, 0.1) is 0 Å². The van der Waals surface area contributed by atoms with E-state index in [1.807, 2.05) is 0 Å². The van der Waals surface area contributed by atoms with Crippen LogP contribution in [0.3, 0.4) is 0 Å². The van der Waals surface area contributed by atoms with E-state index in [2.05, 4.69) is 20.3 Å². The minimum Gasteiger partial charge on any atom is -0.382 e. The maximum Gasteiger partial charge on any atom is 0.276 e. The predicted octanol–water partition coefficient (Wildman–Crippen LogP) is 1.07. The van der Waals surface area contributed by atoms with Crippen LogP contribution in [0.15, 0.2) is 10.6 Å². The van der Waals surface area contributed by atoms with Crippen molar-refractivity contribution in [2.24, 2.45) is 0 Å². The molecule has 3 N–H and O–H groups in total. The Morgan fingerprint density at radius 1 is 1.53 bits per heavy atom. The van der Waals surface area contributed by atoms with Crippen LogP contribution >= 0.6 is 0 Å². The zero-order valence-electron chi connectivity index (χ0n) is 9.43. The Hall–Kier alpha value is -1.89. The minimum atomic E-state index is -0.368. The molecule has 1 saturated carbocycles. The third-order valence-corrected chi connectivity index (χ3v) is 3.21. The van der Waals surface area contributed by atoms with Crippen LogP contribution in [-0.2, 0) is 10.3 Å². The first-order valence-corrected chi connectivity index (χ1v) is 5.44. The number of aromatic amines is 1. The summed E-state index contributed by atoms with van der Waals surface area (Å²) < 4.78 is 10.7. The molecule has 7 nitrogen and oxygen atoms in total. The van der Waals surface area contributed by atoms with Gasteiger partial charge >= 0.3 is 0 Å². The Kier molecular flexibility index (Phi) is 2.15. The quantitative estimate of drug-likeness (QED) is 0.824. The summed E-state index contributed by atoms with van der Waals surface area (Å²) in [5, 5.41) is 10.5. The molecule has 3 rings (SSSR count). The van der Waals surface area contributed by atoms with Crippen LogP contribution in [-0.4, -0.2) is 27.4 Å². The fourth-order valence-electron chi connectivity index (χ4n) is 1.98.